The van der Waals surface area contributed by atoms with Gasteiger partial charge < -0.3 is 5.32 Å². The Morgan fingerprint density at radius 1 is 1.15 bits per heavy atom. The van der Waals surface area contributed by atoms with E-state index in [1.54, 1.807) is 0 Å². The Morgan fingerprint density at radius 2 is 1.95 bits per heavy atom. The van der Waals surface area contributed by atoms with Crippen LogP contribution < -0.4 is 5.32 Å². The number of nitrogens with one attached hydrogen (secondary N) is 1. The third-order valence-corrected chi connectivity index (χ3v) is 4.97. The smallest absolute Gasteiger partial charge is 0.0699 e. The van der Waals surface area contributed by atoms with Crippen LogP contribution in [-0.2, 0) is 0 Å². The lowest BCUT2D eigenvalue weighted by Gasteiger charge is -2.35. The van der Waals surface area contributed by atoms with Crippen LogP contribution in [0.2, 0.25) is 0 Å². The summed E-state index contributed by atoms with van der Waals surface area (Å²) in [6, 6.07) is 11.7. The van der Waals surface area contributed by atoms with Crippen LogP contribution >= 0.6 is 11.3 Å². The lowest BCUT2D eigenvalue weighted by Crippen LogP contribution is -2.45. The normalized spacial score (nSPS) is 18.1. The van der Waals surface area contributed by atoms with Crippen molar-refractivity contribution in [1.29, 1.82) is 0 Å². The third-order valence-electron chi connectivity index (χ3n) is 4.05. The monoisotopic (exact) mass is 286 g/mol. The number of hydrogen-bond acceptors (Lipinski definition) is 3. The van der Waals surface area contributed by atoms with E-state index in [1.807, 2.05) is 11.3 Å². The molecule has 1 aliphatic heterocycles. The van der Waals surface area contributed by atoms with E-state index < -0.39 is 0 Å². The van der Waals surface area contributed by atoms with Gasteiger partial charge in [0.25, 0.3) is 0 Å². The largest absolute Gasteiger partial charge is 0.314 e. The second-order valence-corrected chi connectivity index (χ2v) is 6.54. The van der Waals surface area contributed by atoms with E-state index in [9.17, 15) is 0 Å². The van der Waals surface area contributed by atoms with Gasteiger partial charge in [0.05, 0.1) is 6.04 Å². The summed E-state index contributed by atoms with van der Waals surface area (Å²) >= 11 is 1.87. The first-order valence-electron chi connectivity index (χ1n) is 7.31. The summed E-state index contributed by atoms with van der Waals surface area (Å²) in [5.74, 6) is 0. The van der Waals surface area contributed by atoms with E-state index in [4.69, 9.17) is 0 Å². The summed E-state index contributed by atoms with van der Waals surface area (Å²) in [7, 11) is 0. The number of benzene rings is 1. The fraction of sp³-hybridized carbons (Fsp3) is 0.412. The van der Waals surface area contributed by atoms with Gasteiger partial charge in [0.15, 0.2) is 0 Å². The molecular formula is C17H22N2S. The van der Waals surface area contributed by atoms with Gasteiger partial charge in [0, 0.05) is 31.1 Å². The highest BCUT2D eigenvalue weighted by Crippen LogP contribution is 2.34. The fourth-order valence-corrected chi connectivity index (χ4v) is 3.93. The minimum atomic E-state index is 0.415. The van der Waals surface area contributed by atoms with Crippen LogP contribution in [0.1, 0.15) is 27.6 Å². The zero-order valence-corrected chi connectivity index (χ0v) is 13.0. The van der Waals surface area contributed by atoms with Crippen molar-refractivity contribution in [2.24, 2.45) is 0 Å². The summed E-state index contributed by atoms with van der Waals surface area (Å²) in [5.41, 5.74) is 4.21. The molecule has 1 saturated heterocycles. The molecule has 0 radical (unpaired) electrons. The molecule has 1 N–H and O–H groups in total. The van der Waals surface area contributed by atoms with Crippen molar-refractivity contribution in [1.82, 2.24) is 10.2 Å². The number of hydrogen-bond donors (Lipinski definition) is 1. The molecule has 1 fully saturated rings. The van der Waals surface area contributed by atoms with Crippen LogP contribution in [0, 0.1) is 13.8 Å². The Morgan fingerprint density at radius 3 is 2.60 bits per heavy atom. The van der Waals surface area contributed by atoms with E-state index in [1.165, 1.54) is 21.6 Å². The van der Waals surface area contributed by atoms with E-state index in [-0.39, 0.29) is 0 Å². The first-order valence-corrected chi connectivity index (χ1v) is 8.19. The van der Waals surface area contributed by atoms with Gasteiger partial charge in [-0.2, -0.15) is 0 Å². The van der Waals surface area contributed by atoms with E-state index >= 15 is 0 Å². The van der Waals surface area contributed by atoms with Crippen molar-refractivity contribution in [3.8, 4) is 0 Å². The topological polar surface area (TPSA) is 15.3 Å². The highest BCUT2D eigenvalue weighted by atomic mass is 32.1. The molecule has 1 unspecified atom stereocenters. The van der Waals surface area contributed by atoms with Gasteiger partial charge in [0.1, 0.15) is 0 Å². The first kappa shape index (κ1) is 13.8. The maximum atomic E-state index is 3.45. The third kappa shape index (κ3) is 2.80. The van der Waals surface area contributed by atoms with Crippen molar-refractivity contribution >= 4 is 11.3 Å². The number of nitrogens with zero attached hydrogens (tertiary/aromatic N) is 1. The van der Waals surface area contributed by atoms with Gasteiger partial charge in [-0.25, -0.2) is 0 Å². The zero-order valence-electron chi connectivity index (χ0n) is 12.2. The molecule has 3 heteroatoms. The molecule has 3 rings (SSSR count). The Balaban J connectivity index is 2.00. The standard InChI is InChI=1S/C17H22N2S/c1-13-5-6-15(14(2)12-13)17(16-4-3-11-20-16)19-9-7-18-8-10-19/h3-6,11-12,17-18H,7-10H2,1-2H3. The quantitative estimate of drug-likeness (QED) is 0.931. The fourth-order valence-electron chi connectivity index (χ4n) is 3.05. The van der Waals surface area contributed by atoms with Crippen LogP contribution in [0.3, 0.4) is 0 Å². The summed E-state index contributed by atoms with van der Waals surface area (Å²) in [6.07, 6.45) is 0. The highest BCUT2D eigenvalue weighted by Gasteiger charge is 2.25. The van der Waals surface area contributed by atoms with E-state index in [0.717, 1.165) is 26.2 Å². The number of aryl methyl sites for hydroxylation is 2. The Hall–Kier alpha value is -1.16. The molecule has 1 atom stereocenters. The van der Waals surface area contributed by atoms with Crippen molar-refractivity contribution in [2.45, 2.75) is 19.9 Å². The molecule has 0 bridgehead atoms. The van der Waals surface area contributed by atoms with Crippen molar-refractivity contribution in [3.05, 3.63) is 57.3 Å². The molecule has 2 heterocycles. The highest BCUT2D eigenvalue weighted by molar-refractivity contribution is 7.10. The van der Waals surface area contributed by atoms with Crippen LogP contribution in [0.4, 0.5) is 0 Å². The van der Waals surface area contributed by atoms with Crippen LogP contribution in [-0.4, -0.2) is 31.1 Å². The zero-order chi connectivity index (χ0) is 13.9. The van der Waals surface area contributed by atoms with Crippen LogP contribution in [0.15, 0.2) is 35.7 Å². The molecule has 106 valence electrons. The lowest BCUT2D eigenvalue weighted by atomic mass is 9.96. The summed E-state index contributed by atoms with van der Waals surface area (Å²) in [4.78, 5) is 4.07. The van der Waals surface area contributed by atoms with E-state index in [2.05, 4.69) is 59.8 Å². The number of rotatable bonds is 3. The SMILES string of the molecule is Cc1ccc(C(c2cccs2)N2CCNCC2)c(C)c1. The minimum absolute atomic E-state index is 0.415. The summed E-state index contributed by atoms with van der Waals surface area (Å²) in [5, 5.41) is 5.64. The van der Waals surface area contributed by atoms with Gasteiger partial charge in [-0.3, -0.25) is 4.90 Å². The molecule has 2 nitrogen and oxygen atoms in total. The summed E-state index contributed by atoms with van der Waals surface area (Å²) < 4.78 is 0. The molecule has 2 aromatic rings. The average Bonchev–Trinajstić information content (AvgIpc) is 2.97. The molecule has 20 heavy (non-hydrogen) atoms. The predicted octanol–water partition coefficient (Wildman–Crippen LogP) is 3.36. The van der Waals surface area contributed by atoms with Gasteiger partial charge >= 0.3 is 0 Å². The predicted molar refractivity (Wildman–Crippen MR) is 86.5 cm³/mol. The Bertz CT molecular complexity index is 556. The molecule has 1 aliphatic rings. The molecule has 0 spiro atoms. The van der Waals surface area contributed by atoms with E-state index in [0.29, 0.717) is 6.04 Å². The van der Waals surface area contributed by atoms with Crippen LogP contribution in [0.5, 0.6) is 0 Å². The maximum absolute atomic E-state index is 3.45. The summed E-state index contributed by atoms with van der Waals surface area (Å²) in [6.45, 7) is 8.83. The number of piperazine rings is 1. The molecular weight excluding hydrogens is 264 g/mol. The molecule has 0 saturated carbocycles. The van der Waals surface area contributed by atoms with Crippen molar-refractivity contribution in [2.75, 3.05) is 26.2 Å². The average molecular weight is 286 g/mol. The lowest BCUT2D eigenvalue weighted by molar-refractivity contribution is 0.200. The first-order chi connectivity index (χ1) is 9.75. The van der Waals surface area contributed by atoms with Crippen molar-refractivity contribution < 1.29 is 0 Å². The maximum Gasteiger partial charge on any atom is 0.0699 e. The number of thiophene rings is 1. The Kier molecular flexibility index (Phi) is 4.20. The molecule has 0 amide bonds. The van der Waals surface area contributed by atoms with Crippen LogP contribution in [0.25, 0.3) is 0 Å². The second kappa shape index (κ2) is 6.08. The van der Waals surface area contributed by atoms with Gasteiger partial charge in [-0.1, -0.05) is 29.8 Å². The van der Waals surface area contributed by atoms with Crippen molar-refractivity contribution in [3.63, 3.8) is 0 Å². The molecule has 0 aliphatic carbocycles. The van der Waals surface area contributed by atoms with Gasteiger partial charge in [-0.05, 0) is 36.4 Å². The second-order valence-electron chi connectivity index (χ2n) is 5.56. The van der Waals surface area contributed by atoms with Gasteiger partial charge in [-0.15, -0.1) is 11.3 Å². The minimum Gasteiger partial charge on any atom is -0.314 e. The molecule has 1 aromatic heterocycles. The Labute approximate surface area is 125 Å². The molecule has 1 aromatic carbocycles. The van der Waals surface area contributed by atoms with Gasteiger partial charge in [0.2, 0.25) is 0 Å².